The predicted octanol–water partition coefficient (Wildman–Crippen LogP) is 3.23. The van der Waals surface area contributed by atoms with E-state index in [1.807, 2.05) is 29.8 Å². The number of rotatable bonds is 4. The zero-order valence-electron chi connectivity index (χ0n) is 13.0. The summed E-state index contributed by atoms with van der Waals surface area (Å²) in [6, 6.07) is 10.3. The van der Waals surface area contributed by atoms with Crippen LogP contribution in [0.1, 0.15) is 31.0 Å². The Labute approximate surface area is 136 Å². The van der Waals surface area contributed by atoms with Crippen molar-refractivity contribution >= 4 is 11.6 Å². The molecule has 1 fully saturated rings. The number of benzene rings is 1. The predicted molar refractivity (Wildman–Crippen MR) is 90.9 cm³/mol. The van der Waals surface area contributed by atoms with Crippen LogP contribution in [0.3, 0.4) is 0 Å². The monoisotopic (exact) mass is 318 g/mol. The van der Waals surface area contributed by atoms with Gasteiger partial charge in [-0.25, -0.2) is 4.98 Å². The van der Waals surface area contributed by atoms with E-state index in [9.17, 15) is 0 Å². The smallest absolute Gasteiger partial charge is 0.141 e. The van der Waals surface area contributed by atoms with Crippen LogP contribution in [0.5, 0.6) is 0 Å². The molecule has 0 amide bonds. The van der Waals surface area contributed by atoms with Gasteiger partial charge in [0.2, 0.25) is 0 Å². The molecule has 0 radical (unpaired) electrons. The molecule has 0 bridgehead atoms. The second-order valence-corrected chi connectivity index (χ2v) is 6.24. The van der Waals surface area contributed by atoms with Gasteiger partial charge in [-0.15, -0.1) is 0 Å². The molecule has 118 valence electrons. The lowest BCUT2D eigenvalue weighted by Gasteiger charge is -2.33. The maximum absolute atomic E-state index is 6.57. The summed E-state index contributed by atoms with van der Waals surface area (Å²) in [5.74, 6) is 0.899. The van der Waals surface area contributed by atoms with E-state index in [4.69, 9.17) is 22.3 Å². The highest BCUT2D eigenvalue weighted by atomic mass is 35.5. The molecule has 0 aliphatic carbocycles. The molecule has 22 heavy (non-hydrogen) atoms. The van der Waals surface area contributed by atoms with Crippen LogP contribution in [-0.2, 0) is 7.05 Å². The van der Waals surface area contributed by atoms with Gasteiger partial charge in [0, 0.05) is 19.2 Å². The molecule has 5 heteroatoms. The van der Waals surface area contributed by atoms with Gasteiger partial charge in [-0.2, -0.15) is 0 Å². The van der Waals surface area contributed by atoms with Crippen molar-refractivity contribution in [3.8, 4) is 11.4 Å². The van der Waals surface area contributed by atoms with Gasteiger partial charge in [-0.3, -0.25) is 4.90 Å². The molecule has 1 aromatic heterocycles. The molecular formula is C17H23ClN4. The molecule has 2 aromatic rings. The van der Waals surface area contributed by atoms with Crippen molar-refractivity contribution < 1.29 is 0 Å². The number of nitrogens with two attached hydrogens (primary N) is 1. The van der Waals surface area contributed by atoms with Crippen molar-refractivity contribution in [2.45, 2.75) is 25.3 Å². The molecule has 1 unspecified atom stereocenters. The summed E-state index contributed by atoms with van der Waals surface area (Å²) in [5, 5.41) is 0.694. The van der Waals surface area contributed by atoms with Crippen LogP contribution in [-0.4, -0.2) is 34.1 Å². The average molecular weight is 319 g/mol. The first-order valence-corrected chi connectivity index (χ1v) is 8.32. The molecule has 4 nitrogen and oxygen atoms in total. The molecule has 1 aliphatic rings. The van der Waals surface area contributed by atoms with Crippen molar-refractivity contribution in [1.82, 2.24) is 14.5 Å². The summed E-state index contributed by atoms with van der Waals surface area (Å²) in [6.45, 7) is 2.70. The Hall–Kier alpha value is -1.36. The Kier molecular flexibility index (Phi) is 4.81. The van der Waals surface area contributed by atoms with Crippen molar-refractivity contribution in [3.63, 3.8) is 0 Å². The quantitative estimate of drug-likeness (QED) is 0.941. The van der Waals surface area contributed by atoms with E-state index in [0.717, 1.165) is 30.2 Å². The van der Waals surface area contributed by atoms with Gasteiger partial charge in [0.05, 0.1) is 11.7 Å². The number of hydrogen-bond acceptors (Lipinski definition) is 3. The van der Waals surface area contributed by atoms with Gasteiger partial charge in [0.15, 0.2) is 0 Å². The lowest BCUT2D eigenvalue weighted by Crippen LogP contribution is -2.37. The molecule has 3 rings (SSSR count). The Morgan fingerprint density at radius 2 is 1.86 bits per heavy atom. The summed E-state index contributed by atoms with van der Waals surface area (Å²) < 4.78 is 1.96. The number of nitrogens with zero attached hydrogens (tertiary/aromatic N) is 3. The van der Waals surface area contributed by atoms with Gasteiger partial charge in [0.25, 0.3) is 0 Å². The van der Waals surface area contributed by atoms with Crippen LogP contribution in [0.4, 0.5) is 0 Å². The van der Waals surface area contributed by atoms with E-state index < -0.39 is 0 Å². The van der Waals surface area contributed by atoms with Crippen LogP contribution >= 0.6 is 11.6 Å². The molecule has 1 aromatic carbocycles. The van der Waals surface area contributed by atoms with E-state index >= 15 is 0 Å². The summed E-state index contributed by atoms with van der Waals surface area (Å²) in [6.07, 6.45) is 3.76. The number of imidazole rings is 1. The van der Waals surface area contributed by atoms with E-state index in [1.165, 1.54) is 19.3 Å². The number of halogens is 1. The summed E-state index contributed by atoms with van der Waals surface area (Å²) >= 11 is 6.57. The molecule has 0 saturated carbocycles. The van der Waals surface area contributed by atoms with Crippen molar-refractivity contribution in [2.24, 2.45) is 12.8 Å². The lowest BCUT2D eigenvalue weighted by molar-refractivity contribution is 0.165. The minimum atomic E-state index is 0.108. The standard InChI is InChI=1S/C17H23ClN4/c1-21-16(18)15(14(12-19)22-10-6-3-7-11-22)20-17(21)13-8-4-2-5-9-13/h2,4-5,8-9,14H,3,6-7,10-12,19H2,1H3. The number of likely N-dealkylation sites (tertiary alicyclic amines) is 1. The minimum absolute atomic E-state index is 0.108. The summed E-state index contributed by atoms with van der Waals surface area (Å²) in [4.78, 5) is 7.26. The first kappa shape index (κ1) is 15.5. The molecule has 1 aliphatic heterocycles. The van der Waals surface area contributed by atoms with Crippen molar-refractivity contribution in [1.29, 1.82) is 0 Å². The fourth-order valence-electron chi connectivity index (χ4n) is 3.22. The number of aromatic nitrogens is 2. The van der Waals surface area contributed by atoms with Crippen LogP contribution in [0.25, 0.3) is 11.4 Å². The zero-order chi connectivity index (χ0) is 15.5. The highest BCUT2D eigenvalue weighted by molar-refractivity contribution is 6.30. The van der Waals surface area contributed by atoms with Gasteiger partial charge >= 0.3 is 0 Å². The highest BCUT2D eigenvalue weighted by Crippen LogP contribution is 2.32. The first-order valence-electron chi connectivity index (χ1n) is 7.94. The third-order valence-electron chi connectivity index (χ3n) is 4.45. The Morgan fingerprint density at radius 1 is 1.18 bits per heavy atom. The van der Waals surface area contributed by atoms with Gasteiger partial charge in [-0.05, 0) is 25.9 Å². The fourth-order valence-corrected chi connectivity index (χ4v) is 3.47. The minimum Gasteiger partial charge on any atom is -0.329 e. The van der Waals surface area contributed by atoms with E-state index in [2.05, 4.69) is 17.0 Å². The number of hydrogen-bond donors (Lipinski definition) is 1. The van der Waals surface area contributed by atoms with Gasteiger partial charge in [0.1, 0.15) is 11.0 Å². The SMILES string of the molecule is Cn1c(-c2ccccc2)nc(C(CN)N2CCCCC2)c1Cl. The third-order valence-corrected chi connectivity index (χ3v) is 4.90. The molecular weight excluding hydrogens is 296 g/mol. The van der Waals surface area contributed by atoms with E-state index in [-0.39, 0.29) is 6.04 Å². The van der Waals surface area contributed by atoms with Crippen LogP contribution in [0.2, 0.25) is 5.15 Å². The van der Waals surface area contributed by atoms with Crippen LogP contribution in [0, 0.1) is 0 Å². The topological polar surface area (TPSA) is 47.1 Å². The zero-order valence-corrected chi connectivity index (χ0v) is 13.8. The Bertz CT molecular complexity index is 617. The highest BCUT2D eigenvalue weighted by Gasteiger charge is 2.27. The Morgan fingerprint density at radius 3 is 2.50 bits per heavy atom. The van der Waals surface area contributed by atoms with Crippen LogP contribution in [0.15, 0.2) is 30.3 Å². The van der Waals surface area contributed by atoms with Gasteiger partial charge < -0.3 is 10.3 Å². The molecule has 2 heterocycles. The van der Waals surface area contributed by atoms with Crippen molar-refractivity contribution in [3.05, 3.63) is 41.2 Å². The van der Waals surface area contributed by atoms with E-state index in [0.29, 0.717) is 11.7 Å². The van der Waals surface area contributed by atoms with Gasteiger partial charge in [-0.1, -0.05) is 48.4 Å². The lowest BCUT2D eigenvalue weighted by atomic mass is 10.1. The molecule has 1 atom stereocenters. The largest absolute Gasteiger partial charge is 0.329 e. The average Bonchev–Trinajstić information content (AvgIpc) is 2.86. The number of piperidine rings is 1. The Balaban J connectivity index is 1.96. The first-order chi connectivity index (χ1) is 10.7. The summed E-state index contributed by atoms with van der Waals surface area (Å²) in [7, 11) is 1.96. The molecule has 1 saturated heterocycles. The van der Waals surface area contributed by atoms with Crippen molar-refractivity contribution in [2.75, 3.05) is 19.6 Å². The fraction of sp³-hybridized carbons (Fsp3) is 0.471. The second-order valence-electron chi connectivity index (χ2n) is 5.88. The maximum atomic E-state index is 6.57. The normalized spacial score (nSPS) is 17.6. The summed E-state index contributed by atoms with van der Waals surface area (Å²) in [5.41, 5.74) is 8.04. The third kappa shape index (κ3) is 2.91. The molecule has 2 N–H and O–H groups in total. The molecule has 0 spiro atoms. The van der Waals surface area contributed by atoms with Crippen LogP contribution < -0.4 is 5.73 Å². The maximum Gasteiger partial charge on any atom is 0.141 e. The second kappa shape index (κ2) is 6.82. The van der Waals surface area contributed by atoms with E-state index in [1.54, 1.807) is 0 Å².